The maximum Gasteiger partial charge on any atom is 0.264 e. The van der Waals surface area contributed by atoms with Crippen LogP contribution in [0.3, 0.4) is 0 Å². The van der Waals surface area contributed by atoms with Crippen LogP contribution in [0.5, 0.6) is 0 Å². The molecule has 0 radical (unpaired) electrons. The summed E-state index contributed by atoms with van der Waals surface area (Å²) < 4.78 is 8.02. The van der Waals surface area contributed by atoms with E-state index in [1.54, 1.807) is 11.0 Å². The zero-order valence-corrected chi connectivity index (χ0v) is 18.4. The highest BCUT2D eigenvalue weighted by Crippen LogP contribution is 2.23. The Hall–Kier alpha value is -3.04. The highest BCUT2D eigenvalue weighted by atomic mass is 16.5. The summed E-state index contributed by atoms with van der Waals surface area (Å²) in [5, 5.41) is 9.71. The summed E-state index contributed by atoms with van der Waals surface area (Å²) in [6, 6.07) is 14.4. The van der Waals surface area contributed by atoms with Crippen LogP contribution in [0.4, 0.5) is 5.69 Å². The quantitative estimate of drug-likeness (QED) is 0.550. The maximum absolute atomic E-state index is 13.0. The smallest absolute Gasteiger partial charge is 0.264 e. The van der Waals surface area contributed by atoms with Crippen molar-refractivity contribution >= 4 is 17.7 Å². The SMILES string of the molecule is Cc1cc(/C=C(\C#N)C(=O)N2CCN(c3ccccc3)CC2)c(C)n1C[C@H]1CCCO1. The van der Waals surface area contributed by atoms with Gasteiger partial charge in [-0.1, -0.05) is 18.2 Å². The Labute approximate surface area is 184 Å². The van der Waals surface area contributed by atoms with Crippen molar-refractivity contribution in [1.29, 1.82) is 5.26 Å². The molecule has 2 aromatic rings. The van der Waals surface area contributed by atoms with Crippen LogP contribution in [0.1, 0.15) is 29.8 Å². The molecule has 2 aliphatic rings. The van der Waals surface area contributed by atoms with E-state index in [9.17, 15) is 10.1 Å². The van der Waals surface area contributed by atoms with E-state index in [4.69, 9.17) is 4.74 Å². The largest absolute Gasteiger partial charge is 0.376 e. The topological polar surface area (TPSA) is 61.5 Å². The Bertz CT molecular complexity index is 989. The Balaban J connectivity index is 1.45. The number of piperazine rings is 1. The predicted molar refractivity (Wildman–Crippen MR) is 122 cm³/mol. The van der Waals surface area contributed by atoms with Crippen molar-refractivity contribution in [1.82, 2.24) is 9.47 Å². The second-order valence-corrected chi connectivity index (χ2v) is 8.36. The minimum absolute atomic E-state index is 0.181. The lowest BCUT2D eigenvalue weighted by molar-refractivity contribution is -0.126. The molecule has 1 aromatic carbocycles. The Kier molecular flexibility index (Phi) is 6.43. The number of hydrogen-bond acceptors (Lipinski definition) is 4. The monoisotopic (exact) mass is 418 g/mol. The minimum Gasteiger partial charge on any atom is -0.376 e. The van der Waals surface area contributed by atoms with Gasteiger partial charge in [0.1, 0.15) is 11.6 Å². The van der Waals surface area contributed by atoms with E-state index in [0.29, 0.717) is 13.1 Å². The molecule has 2 aliphatic heterocycles. The van der Waals surface area contributed by atoms with Gasteiger partial charge < -0.3 is 19.1 Å². The van der Waals surface area contributed by atoms with E-state index in [1.165, 1.54) is 5.69 Å². The van der Waals surface area contributed by atoms with Crippen molar-refractivity contribution < 1.29 is 9.53 Å². The molecular formula is C25H30N4O2. The van der Waals surface area contributed by atoms with Crippen LogP contribution >= 0.6 is 0 Å². The number of rotatable bonds is 5. The number of para-hydroxylation sites is 1. The van der Waals surface area contributed by atoms with Crippen LogP contribution in [0, 0.1) is 25.2 Å². The van der Waals surface area contributed by atoms with Gasteiger partial charge in [0.2, 0.25) is 0 Å². The standard InChI is InChI=1S/C25H30N4O2/c1-19-15-21(20(2)29(19)18-24-9-6-14-31-24)16-22(17-26)25(30)28-12-10-27(11-13-28)23-7-4-3-5-8-23/h3-5,7-8,15-16,24H,6,9-14,18H2,1-2H3/b22-16+/t24-/m1/s1. The molecule has 0 bridgehead atoms. The van der Waals surface area contributed by atoms with Crippen molar-refractivity contribution in [2.75, 3.05) is 37.7 Å². The van der Waals surface area contributed by atoms with Gasteiger partial charge in [0.25, 0.3) is 5.91 Å². The molecule has 0 aliphatic carbocycles. The van der Waals surface area contributed by atoms with Gasteiger partial charge in [-0.05, 0) is 56.5 Å². The van der Waals surface area contributed by atoms with Crippen LogP contribution in [0.15, 0.2) is 42.0 Å². The molecule has 1 amide bonds. The number of amides is 1. The van der Waals surface area contributed by atoms with Crippen molar-refractivity contribution in [3.05, 3.63) is 58.9 Å². The van der Waals surface area contributed by atoms with Crippen LogP contribution in [0.2, 0.25) is 0 Å². The van der Waals surface area contributed by atoms with E-state index in [2.05, 4.69) is 40.7 Å². The first-order valence-corrected chi connectivity index (χ1v) is 11.1. The first-order chi connectivity index (χ1) is 15.1. The average molecular weight is 419 g/mol. The highest BCUT2D eigenvalue weighted by Gasteiger charge is 2.24. The van der Waals surface area contributed by atoms with Gasteiger partial charge in [0, 0.05) is 56.4 Å². The number of nitrogens with zero attached hydrogens (tertiary/aromatic N) is 4. The fourth-order valence-corrected chi connectivity index (χ4v) is 4.52. The molecule has 0 N–H and O–H groups in total. The molecule has 2 fully saturated rings. The normalized spacial score (nSPS) is 19.5. The van der Waals surface area contributed by atoms with Gasteiger partial charge in [-0.15, -0.1) is 0 Å². The molecule has 4 rings (SSSR count). The average Bonchev–Trinajstić information content (AvgIpc) is 3.41. The first-order valence-electron chi connectivity index (χ1n) is 11.1. The predicted octanol–water partition coefficient (Wildman–Crippen LogP) is 3.54. The second-order valence-electron chi connectivity index (χ2n) is 8.36. The summed E-state index contributed by atoms with van der Waals surface area (Å²) in [6.45, 7) is 8.54. The third-order valence-corrected chi connectivity index (χ3v) is 6.36. The van der Waals surface area contributed by atoms with E-state index < -0.39 is 0 Å². The van der Waals surface area contributed by atoms with Gasteiger partial charge in [0.15, 0.2) is 0 Å². The Morgan fingerprint density at radius 2 is 1.94 bits per heavy atom. The molecule has 1 atom stereocenters. The lowest BCUT2D eigenvalue weighted by Crippen LogP contribution is -2.49. The Morgan fingerprint density at radius 1 is 1.19 bits per heavy atom. The summed E-state index contributed by atoms with van der Waals surface area (Å²) in [6.07, 6.45) is 4.19. The summed E-state index contributed by atoms with van der Waals surface area (Å²) in [5.41, 5.74) is 4.50. The lowest BCUT2D eigenvalue weighted by atomic mass is 10.1. The van der Waals surface area contributed by atoms with Gasteiger partial charge >= 0.3 is 0 Å². The fraction of sp³-hybridized carbons (Fsp3) is 0.440. The van der Waals surface area contributed by atoms with Gasteiger partial charge in [-0.2, -0.15) is 5.26 Å². The Morgan fingerprint density at radius 3 is 2.58 bits per heavy atom. The molecule has 0 unspecified atom stereocenters. The number of aryl methyl sites for hydroxylation is 1. The lowest BCUT2D eigenvalue weighted by Gasteiger charge is -2.36. The number of benzene rings is 1. The summed E-state index contributed by atoms with van der Waals surface area (Å²) in [4.78, 5) is 17.1. The maximum atomic E-state index is 13.0. The molecule has 2 saturated heterocycles. The molecule has 3 heterocycles. The van der Waals surface area contributed by atoms with Crippen LogP contribution < -0.4 is 4.90 Å². The summed E-state index contributed by atoms with van der Waals surface area (Å²) in [7, 11) is 0. The number of nitriles is 1. The third-order valence-electron chi connectivity index (χ3n) is 6.36. The second kappa shape index (κ2) is 9.40. The number of hydrogen-bond donors (Lipinski definition) is 0. The minimum atomic E-state index is -0.181. The van der Waals surface area contributed by atoms with Crippen molar-refractivity contribution in [3.63, 3.8) is 0 Å². The first kappa shape index (κ1) is 21.2. The number of ether oxygens (including phenoxy) is 1. The molecule has 6 heteroatoms. The fourth-order valence-electron chi connectivity index (χ4n) is 4.52. The molecule has 0 saturated carbocycles. The zero-order valence-electron chi connectivity index (χ0n) is 18.4. The number of aromatic nitrogens is 1. The van der Waals surface area contributed by atoms with Crippen molar-refractivity contribution in [2.45, 2.75) is 39.3 Å². The number of carbonyl (C=O) groups is 1. The number of carbonyl (C=O) groups excluding carboxylic acids is 1. The number of anilines is 1. The molecule has 31 heavy (non-hydrogen) atoms. The van der Waals surface area contributed by atoms with Crippen LogP contribution in [-0.2, 0) is 16.1 Å². The van der Waals surface area contributed by atoms with Crippen LogP contribution in [0.25, 0.3) is 6.08 Å². The van der Waals surface area contributed by atoms with Gasteiger partial charge in [-0.25, -0.2) is 0 Å². The van der Waals surface area contributed by atoms with Crippen molar-refractivity contribution in [3.8, 4) is 6.07 Å². The van der Waals surface area contributed by atoms with Crippen molar-refractivity contribution in [2.24, 2.45) is 0 Å². The summed E-state index contributed by atoms with van der Waals surface area (Å²) >= 11 is 0. The zero-order chi connectivity index (χ0) is 21.8. The summed E-state index contributed by atoms with van der Waals surface area (Å²) in [5.74, 6) is -0.181. The molecule has 1 aromatic heterocycles. The third kappa shape index (κ3) is 4.67. The van der Waals surface area contributed by atoms with Gasteiger partial charge in [-0.3, -0.25) is 4.79 Å². The molecule has 162 valence electrons. The van der Waals surface area contributed by atoms with E-state index in [-0.39, 0.29) is 17.6 Å². The molecular weight excluding hydrogens is 388 g/mol. The van der Waals surface area contributed by atoms with E-state index in [0.717, 1.165) is 56.0 Å². The highest BCUT2D eigenvalue weighted by molar-refractivity contribution is 6.02. The van der Waals surface area contributed by atoms with Gasteiger partial charge in [0.05, 0.1) is 6.10 Å². The van der Waals surface area contributed by atoms with E-state index in [1.807, 2.05) is 25.1 Å². The van der Waals surface area contributed by atoms with Crippen LogP contribution in [-0.4, -0.2) is 54.3 Å². The van der Waals surface area contributed by atoms with E-state index >= 15 is 0 Å². The molecule has 0 spiro atoms. The molecule has 6 nitrogen and oxygen atoms in total.